The van der Waals surface area contributed by atoms with Gasteiger partial charge in [0.05, 0.1) is 12.0 Å². The molecule has 1 aromatic carbocycles. The van der Waals surface area contributed by atoms with Crippen LogP contribution in [-0.2, 0) is 49.3 Å². The van der Waals surface area contributed by atoms with Crippen molar-refractivity contribution >= 4 is 21.7 Å². The van der Waals surface area contributed by atoms with Crippen LogP contribution in [-0.4, -0.2) is 43.0 Å². The molecule has 4 rings (SSSR count). The predicted molar refractivity (Wildman–Crippen MR) is 110 cm³/mol. The van der Waals surface area contributed by atoms with Crippen LogP contribution in [0.4, 0.5) is 10.5 Å². The normalized spacial score (nSPS) is 15.4. The molecule has 9 heteroatoms. The zero-order valence-electron chi connectivity index (χ0n) is 17.1. The van der Waals surface area contributed by atoms with Crippen LogP contribution in [0.5, 0.6) is 0 Å². The van der Waals surface area contributed by atoms with E-state index in [0.29, 0.717) is 12.2 Å². The highest BCUT2D eigenvalue weighted by molar-refractivity contribution is 7.90. The second-order valence-corrected chi connectivity index (χ2v) is 9.74. The molecule has 2 aromatic rings. The number of nitrogens with zero attached hydrogens (tertiary/aromatic N) is 3. The van der Waals surface area contributed by atoms with E-state index in [2.05, 4.69) is 21.1 Å². The molecule has 0 saturated heterocycles. The van der Waals surface area contributed by atoms with E-state index < -0.39 is 16.1 Å². The first-order valence-corrected chi connectivity index (χ1v) is 11.4. The molecule has 1 aromatic heterocycles. The van der Waals surface area contributed by atoms with Crippen molar-refractivity contribution in [3.63, 3.8) is 0 Å². The van der Waals surface area contributed by atoms with Gasteiger partial charge < -0.3 is 14.8 Å². The summed E-state index contributed by atoms with van der Waals surface area (Å²) in [7, 11) is 1.35. The Kier molecular flexibility index (Phi) is 5.12. The molecular formula is C20H27N5O3S. The third-order valence-electron chi connectivity index (χ3n) is 5.68. The van der Waals surface area contributed by atoms with Crippen LogP contribution >= 0.6 is 0 Å². The Morgan fingerprint density at radius 2 is 1.76 bits per heavy atom. The Morgan fingerprint density at radius 3 is 2.34 bits per heavy atom. The molecular weight excluding hydrogens is 390 g/mol. The van der Waals surface area contributed by atoms with Gasteiger partial charge in [0.25, 0.3) is 10.0 Å². The zero-order chi connectivity index (χ0) is 20.8. The summed E-state index contributed by atoms with van der Waals surface area (Å²) in [6.07, 6.45) is 7.43. The number of nitrogens with one attached hydrogen (secondary N) is 2. The molecule has 0 spiro atoms. The summed E-state index contributed by atoms with van der Waals surface area (Å²) in [5, 5.41) is 2.74. The number of sulfonamides is 1. The van der Waals surface area contributed by atoms with Gasteiger partial charge in [-0.05, 0) is 74.9 Å². The monoisotopic (exact) mass is 417 g/mol. The van der Waals surface area contributed by atoms with E-state index in [0.717, 1.165) is 55.3 Å². The molecule has 0 saturated carbocycles. The maximum Gasteiger partial charge on any atom is 0.333 e. The Bertz CT molecular complexity index is 1040. The maximum atomic E-state index is 12.8. The number of fused-ring (bicyclic) bond motifs is 2. The van der Waals surface area contributed by atoms with Crippen molar-refractivity contribution in [1.29, 1.82) is 0 Å². The fourth-order valence-electron chi connectivity index (χ4n) is 4.41. The zero-order valence-corrected chi connectivity index (χ0v) is 17.9. The lowest BCUT2D eigenvalue weighted by Gasteiger charge is -2.17. The minimum absolute atomic E-state index is 0.118. The maximum absolute atomic E-state index is 12.8. The summed E-state index contributed by atoms with van der Waals surface area (Å²) in [5.41, 5.74) is 6.21. The number of amides is 2. The van der Waals surface area contributed by atoms with Crippen molar-refractivity contribution < 1.29 is 13.2 Å². The number of imidazole rings is 1. The van der Waals surface area contributed by atoms with Crippen LogP contribution in [0.3, 0.4) is 0 Å². The Hall–Kier alpha value is -2.39. The molecule has 0 atom stereocenters. The number of hydrogen-bond acceptors (Lipinski definition) is 5. The molecule has 156 valence electrons. The van der Waals surface area contributed by atoms with Crippen molar-refractivity contribution in [2.24, 2.45) is 7.05 Å². The molecule has 29 heavy (non-hydrogen) atoms. The summed E-state index contributed by atoms with van der Waals surface area (Å²) in [6.45, 7) is 0.397. The van der Waals surface area contributed by atoms with Crippen molar-refractivity contribution in [2.45, 2.75) is 50.1 Å². The van der Waals surface area contributed by atoms with Gasteiger partial charge in [-0.15, -0.1) is 0 Å². The van der Waals surface area contributed by atoms with Gasteiger partial charge in [0, 0.05) is 19.3 Å². The first-order chi connectivity index (χ1) is 13.8. The highest BCUT2D eigenvalue weighted by Gasteiger charge is 2.28. The van der Waals surface area contributed by atoms with Crippen LogP contribution in [0.15, 0.2) is 17.4 Å². The number of anilines is 1. The highest BCUT2D eigenvalue weighted by atomic mass is 32.2. The number of carbonyl (C=O) groups is 1. The average molecular weight is 418 g/mol. The Balaban J connectivity index is 1.59. The van der Waals surface area contributed by atoms with Crippen molar-refractivity contribution in [3.8, 4) is 0 Å². The van der Waals surface area contributed by atoms with Gasteiger partial charge in [0.15, 0.2) is 5.03 Å². The summed E-state index contributed by atoms with van der Waals surface area (Å²) in [4.78, 5) is 18.6. The molecule has 0 aliphatic heterocycles. The molecule has 2 aliphatic carbocycles. The van der Waals surface area contributed by atoms with Crippen LogP contribution in [0.25, 0.3) is 0 Å². The van der Waals surface area contributed by atoms with Gasteiger partial charge in [-0.3, -0.25) is 0 Å². The van der Waals surface area contributed by atoms with Crippen molar-refractivity contribution in [2.75, 3.05) is 19.4 Å². The highest BCUT2D eigenvalue weighted by Crippen LogP contribution is 2.38. The first kappa shape index (κ1) is 19.9. The molecule has 1 heterocycles. The lowest BCUT2D eigenvalue weighted by Crippen LogP contribution is -2.36. The number of aryl methyl sites for hydroxylation is 3. The smallest absolute Gasteiger partial charge is 0.333 e. The minimum atomic E-state index is -4.08. The quantitative estimate of drug-likeness (QED) is 0.775. The topological polar surface area (TPSA) is 96.3 Å². The van der Waals surface area contributed by atoms with Gasteiger partial charge in [0.2, 0.25) is 0 Å². The van der Waals surface area contributed by atoms with Crippen molar-refractivity contribution in [3.05, 3.63) is 40.3 Å². The van der Waals surface area contributed by atoms with Gasteiger partial charge in [-0.1, -0.05) is 6.07 Å². The van der Waals surface area contributed by atoms with Gasteiger partial charge in [-0.2, -0.15) is 8.42 Å². The molecule has 2 aliphatic rings. The van der Waals surface area contributed by atoms with E-state index in [1.54, 1.807) is 11.6 Å². The summed E-state index contributed by atoms with van der Waals surface area (Å²) >= 11 is 0. The minimum Gasteiger partial charge on any atom is -0.335 e. The average Bonchev–Trinajstić information content (AvgIpc) is 3.34. The molecule has 0 unspecified atom stereocenters. The third-order valence-corrected chi connectivity index (χ3v) is 6.98. The number of carbonyl (C=O) groups excluding carboxylic acids is 1. The molecule has 2 N–H and O–H groups in total. The number of aromatic nitrogens is 2. The summed E-state index contributed by atoms with van der Waals surface area (Å²) in [5.74, 6) is 0. The Labute approximate surface area is 171 Å². The fraction of sp³-hybridized carbons (Fsp3) is 0.500. The molecule has 8 nitrogen and oxygen atoms in total. The molecule has 0 radical (unpaired) electrons. The SMILES string of the molecule is CN(C)Cc1c(S(=O)(=O)NC(=O)Nc2c3c(cc4c2CCC4)CCC3)ncn1C. The van der Waals surface area contributed by atoms with E-state index >= 15 is 0 Å². The van der Waals surface area contributed by atoms with Crippen LogP contribution in [0.2, 0.25) is 0 Å². The molecule has 0 fully saturated rings. The Morgan fingerprint density at radius 1 is 1.14 bits per heavy atom. The van der Waals surface area contributed by atoms with Crippen LogP contribution in [0.1, 0.15) is 40.8 Å². The number of urea groups is 1. The van der Waals surface area contributed by atoms with E-state index in [-0.39, 0.29) is 5.03 Å². The van der Waals surface area contributed by atoms with E-state index in [1.165, 1.54) is 17.5 Å². The van der Waals surface area contributed by atoms with E-state index in [4.69, 9.17) is 0 Å². The van der Waals surface area contributed by atoms with Gasteiger partial charge in [-0.25, -0.2) is 14.5 Å². The van der Waals surface area contributed by atoms with Crippen molar-refractivity contribution in [1.82, 2.24) is 19.2 Å². The number of rotatable bonds is 5. The lowest BCUT2D eigenvalue weighted by molar-refractivity contribution is 0.256. The van der Waals surface area contributed by atoms with E-state index in [9.17, 15) is 13.2 Å². The van der Waals surface area contributed by atoms with Crippen LogP contribution in [0, 0.1) is 0 Å². The molecule has 2 amide bonds. The second kappa shape index (κ2) is 7.46. The third kappa shape index (κ3) is 3.76. The van der Waals surface area contributed by atoms with E-state index in [1.807, 2.05) is 19.0 Å². The standard InChI is InChI=1S/C20H27N5O3S/c1-24(2)11-17-19(21-12-25(17)3)29(27,28)23-20(26)22-18-15-8-4-6-13(15)10-14-7-5-9-16(14)18/h10,12H,4-9,11H2,1-3H3,(H2,22,23,26). The number of hydrogen-bond donors (Lipinski definition) is 2. The summed E-state index contributed by atoms with van der Waals surface area (Å²) in [6, 6.07) is 1.53. The largest absolute Gasteiger partial charge is 0.335 e. The fourth-order valence-corrected chi connectivity index (χ4v) is 5.51. The van der Waals surface area contributed by atoms with Crippen LogP contribution < -0.4 is 10.0 Å². The van der Waals surface area contributed by atoms with Gasteiger partial charge in [0.1, 0.15) is 0 Å². The van der Waals surface area contributed by atoms with Gasteiger partial charge >= 0.3 is 6.03 Å². The lowest BCUT2D eigenvalue weighted by atomic mass is 9.99. The number of benzene rings is 1. The predicted octanol–water partition coefficient (Wildman–Crippen LogP) is 1.97. The second-order valence-electron chi connectivity index (χ2n) is 8.14. The summed E-state index contributed by atoms with van der Waals surface area (Å²) < 4.78 is 29.5. The first-order valence-electron chi connectivity index (χ1n) is 9.91. The molecule has 0 bridgehead atoms.